The fourth-order valence-corrected chi connectivity index (χ4v) is 2.81. The molecule has 0 aliphatic heterocycles. The summed E-state index contributed by atoms with van der Waals surface area (Å²) in [6, 6.07) is 9.75. The molecule has 0 fully saturated rings. The van der Waals surface area contributed by atoms with E-state index < -0.39 is 0 Å². The van der Waals surface area contributed by atoms with Gasteiger partial charge in [-0.2, -0.15) is 5.26 Å². The van der Waals surface area contributed by atoms with Crippen molar-refractivity contribution in [2.24, 2.45) is 5.41 Å². The first-order valence-corrected chi connectivity index (χ1v) is 6.92. The summed E-state index contributed by atoms with van der Waals surface area (Å²) < 4.78 is 0. The molecule has 1 N–H and O–H groups in total. The lowest BCUT2D eigenvalue weighted by Crippen LogP contribution is -2.25. The zero-order chi connectivity index (χ0) is 13.9. The maximum Gasteiger partial charge on any atom is 0.163 e. The van der Waals surface area contributed by atoms with Gasteiger partial charge in [0.25, 0.3) is 0 Å². The number of thiophene rings is 1. The van der Waals surface area contributed by atoms with Crippen LogP contribution in [-0.4, -0.2) is 10.2 Å². The Morgan fingerprint density at radius 3 is 2.53 bits per heavy atom. The summed E-state index contributed by atoms with van der Waals surface area (Å²) in [5.41, 5.74) is 0.384. The van der Waals surface area contributed by atoms with Crippen LogP contribution in [0.1, 0.15) is 37.4 Å². The van der Waals surface area contributed by atoms with Crippen molar-refractivity contribution in [1.29, 1.82) is 5.26 Å². The molecule has 98 valence electrons. The van der Waals surface area contributed by atoms with E-state index in [-0.39, 0.29) is 11.5 Å². The van der Waals surface area contributed by atoms with E-state index >= 15 is 0 Å². The summed E-state index contributed by atoms with van der Waals surface area (Å²) in [5.74, 6) is 0.687. The highest BCUT2D eigenvalue weighted by Gasteiger charge is 2.27. The molecule has 0 aliphatic carbocycles. The van der Waals surface area contributed by atoms with Crippen molar-refractivity contribution in [3.8, 4) is 6.07 Å². The van der Waals surface area contributed by atoms with Crippen LogP contribution in [0, 0.1) is 16.7 Å². The molecule has 1 atom stereocenters. The number of rotatable bonds is 3. The third-order valence-electron chi connectivity index (χ3n) is 2.77. The summed E-state index contributed by atoms with van der Waals surface area (Å²) in [6.07, 6.45) is 0. The van der Waals surface area contributed by atoms with E-state index in [4.69, 9.17) is 5.26 Å². The van der Waals surface area contributed by atoms with Crippen LogP contribution >= 0.6 is 11.3 Å². The predicted octanol–water partition coefficient (Wildman–Crippen LogP) is 3.61. The van der Waals surface area contributed by atoms with Gasteiger partial charge in [0.2, 0.25) is 0 Å². The van der Waals surface area contributed by atoms with Crippen LogP contribution in [0.5, 0.6) is 0 Å². The first kappa shape index (κ1) is 13.5. The highest BCUT2D eigenvalue weighted by molar-refractivity contribution is 7.10. The second-order valence-corrected chi connectivity index (χ2v) is 6.35. The molecule has 19 heavy (non-hydrogen) atoms. The van der Waals surface area contributed by atoms with Crippen molar-refractivity contribution in [2.45, 2.75) is 26.8 Å². The smallest absolute Gasteiger partial charge is 0.163 e. The van der Waals surface area contributed by atoms with E-state index in [2.05, 4.69) is 47.7 Å². The molecule has 2 heterocycles. The molecule has 0 saturated heterocycles. The Balaban J connectivity index is 2.24. The van der Waals surface area contributed by atoms with Gasteiger partial charge in [-0.25, -0.2) is 0 Å². The molecule has 0 radical (unpaired) electrons. The van der Waals surface area contributed by atoms with Crippen molar-refractivity contribution in [1.82, 2.24) is 10.2 Å². The van der Waals surface area contributed by atoms with Gasteiger partial charge in [-0.1, -0.05) is 26.8 Å². The average molecular weight is 272 g/mol. The Kier molecular flexibility index (Phi) is 3.82. The topological polar surface area (TPSA) is 61.6 Å². The fraction of sp³-hybridized carbons (Fsp3) is 0.357. The minimum Gasteiger partial charge on any atom is -0.360 e. The van der Waals surface area contributed by atoms with Crippen LogP contribution in [0.25, 0.3) is 0 Å². The quantitative estimate of drug-likeness (QED) is 0.927. The molecule has 0 aromatic carbocycles. The van der Waals surface area contributed by atoms with Gasteiger partial charge < -0.3 is 5.32 Å². The minimum atomic E-state index is 0.0560. The van der Waals surface area contributed by atoms with Gasteiger partial charge >= 0.3 is 0 Å². The van der Waals surface area contributed by atoms with E-state index in [9.17, 15) is 0 Å². The molecule has 0 aliphatic rings. The van der Waals surface area contributed by atoms with Crippen LogP contribution in [-0.2, 0) is 0 Å². The first-order valence-electron chi connectivity index (χ1n) is 6.04. The van der Waals surface area contributed by atoms with Gasteiger partial charge in [0.1, 0.15) is 11.9 Å². The zero-order valence-corrected chi connectivity index (χ0v) is 12.0. The van der Waals surface area contributed by atoms with Gasteiger partial charge in [-0.3, -0.25) is 0 Å². The van der Waals surface area contributed by atoms with Crippen molar-refractivity contribution < 1.29 is 0 Å². The lowest BCUT2D eigenvalue weighted by atomic mass is 9.86. The Morgan fingerprint density at radius 1 is 1.26 bits per heavy atom. The number of nitriles is 1. The summed E-state index contributed by atoms with van der Waals surface area (Å²) >= 11 is 1.72. The van der Waals surface area contributed by atoms with Crippen molar-refractivity contribution in [2.75, 3.05) is 5.32 Å². The van der Waals surface area contributed by atoms with Gasteiger partial charge in [-0.05, 0) is 29.0 Å². The molecule has 1 unspecified atom stereocenters. The molecule has 0 spiro atoms. The fourth-order valence-electron chi connectivity index (χ4n) is 1.79. The van der Waals surface area contributed by atoms with Crippen LogP contribution < -0.4 is 5.32 Å². The van der Waals surface area contributed by atoms with Gasteiger partial charge in [-0.15, -0.1) is 21.5 Å². The highest BCUT2D eigenvalue weighted by atomic mass is 32.1. The molecule has 5 heteroatoms. The van der Waals surface area contributed by atoms with Gasteiger partial charge in [0.15, 0.2) is 5.69 Å². The van der Waals surface area contributed by atoms with Crippen LogP contribution in [0.2, 0.25) is 0 Å². The van der Waals surface area contributed by atoms with Crippen molar-refractivity contribution in [3.05, 3.63) is 40.2 Å². The van der Waals surface area contributed by atoms with E-state index in [1.165, 1.54) is 4.88 Å². The Bertz CT molecular complexity index is 561. The minimum absolute atomic E-state index is 0.0560. The van der Waals surface area contributed by atoms with Gasteiger partial charge in [0.05, 0.1) is 6.04 Å². The Labute approximate surface area is 117 Å². The predicted molar refractivity (Wildman–Crippen MR) is 76.9 cm³/mol. The molecule has 2 aromatic heterocycles. The van der Waals surface area contributed by atoms with E-state index in [1.54, 1.807) is 23.5 Å². The van der Waals surface area contributed by atoms with Crippen LogP contribution in [0.3, 0.4) is 0 Å². The number of anilines is 1. The molecule has 4 nitrogen and oxygen atoms in total. The lowest BCUT2D eigenvalue weighted by molar-refractivity contribution is 0.350. The molecule has 2 aromatic rings. The SMILES string of the molecule is CC(C)(C)C(Nc1ccc(C#N)nn1)c1cccs1. The van der Waals surface area contributed by atoms with Crippen LogP contribution in [0.15, 0.2) is 29.6 Å². The Morgan fingerprint density at radius 2 is 2.05 bits per heavy atom. The number of nitrogens with zero attached hydrogens (tertiary/aromatic N) is 3. The molecule has 0 amide bonds. The molecule has 2 rings (SSSR count). The molecular weight excluding hydrogens is 256 g/mol. The van der Waals surface area contributed by atoms with E-state index in [1.807, 2.05) is 12.1 Å². The van der Waals surface area contributed by atoms with Crippen LogP contribution in [0.4, 0.5) is 5.82 Å². The monoisotopic (exact) mass is 272 g/mol. The lowest BCUT2D eigenvalue weighted by Gasteiger charge is -2.31. The average Bonchev–Trinajstić information content (AvgIpc) is 2.88. The van der Waals surface area contributed by atoms with E-state index in [0.29, 0.717) is 11.5 Å². The van der Waals surface area contributed by atoms with E-state index in [0.717, 1.165) is 0 Å². The number of hydrogen-bond donors (Lipinski definition) is 1. The second-order valence-electron chi connectivity index (χ2n) is 5.37. The zero-order valence-electron chi connectivity index (χ0n) is 11.2. The maximum atomic E-state index is 8.72. The highest BCUT2D eigenvalue weighted by Crippen LogP contribution is 2.37. The summed E-state index contributed by atoms with van der Waals surface area (Å²) in [4.78, 5) is 1.26. The molecule has 0 bridgehead atoms. The largest absolute Gasteiger partial charge is 0.360 e. The Hall–Kier alpha value is -1.93. The normalized spacial score (nSPS) is 12.7. The molecule has 0 saturated carbocycles. The maximum absolute atomic E-state index is 8.72. The third-order valence-corrected chi connectivity index (χ3v) is 3.70. The third kappa shape index (κ3) is 3.30. The first-order chi connectivity index (χ1) is 9.00. The van der Waals surface area contributed by atoms with Gasteiger partial charge in [0, 0.05) is 4.88 Å². The second kappa shape index (κ2) is 5.37. The number of hydrogen-bond acceptors (Lipinski definition) is 5. The standard InChI is InChI=1S/C14H16N4S/c1-14(2,3)13(11-5-4-8-19-11)16-12-7-6-10(9-15)17-18-12/h4-8,13H,1-3H3,(H,16,18). The summed E-state index contributed by atoms with van der Waals surface area (Å²) in [5, 5.41) is 22.1. The van der Waals surface area contributed by atoms with Crippen molar-refractivity contribution in [3.63, 3.8) is 0 Å². The number of nitrogens with one attached hydrogen (secondary N) is 1. The van der Waals surface area contributed by atoms with Crippen molar-refractivity contribution >= 4 is 17.2 Å². The summed E-state index contributed by atoms with van der Waals surface area (Å²) in [7, 11) is 0. The number of aromatic nitrogens is 2. The molecular formula is C14H16N4S. The summed E-state index contributed by atoms with van der Waals surface area (Å²) in [6.45, 7) is 6.55.